The summed E-state index contributed by atoms with van der Waals surface area (Å²) in [5, 5.41) is 8.28. The van der Waals surface area contributed by atoms with Crippen LogP contribution in [0.15, 0.2) is 4.99 Å². The molecule has 66 valence electrons. The average molecular weight is 169 g/mol. The number of rotatable bonds is 7. The standard InChI is InChI=1S/C7H12BNO3/c10-7(11)4-2-1-3-5-9-6-8-12/h6H,1-5H2,(H,10,11). The van der Waals surface area contributed by atoms with Crippen LogP contribution in [-0.2, 0) is 9.50 Å². The van der Waals surface area contributed by atoms with Gasteiger partial charge in [-0.25, -0.2) is 0 Å². The summed E-state index contributed by atoms with van der Waals surface area (Å²) >= 11 is 0. The van der Waals surface area contributed by atoms with Gasteiger partial charge in [-0.05, 0) is 0 Å². The number of carboxylic acids is 1. The van der Waals surface area contributed by atoms with Gasteiger partial charge in [-0.3, -0.25) is 0 Å². The monoisotopic (exact) mass is 169 g/mol. The zero-order valence-electron chi connectivity index (χ0n) is 6.90. The molecule has 0 bridgehead atoms. The Labute approximate surface area is 71.9 Å². The molecule has 5 heteroatoms. The van der Waals surface area contributed by atoms with Gasteiger partial charge in [0, 0.05) is 0 Å². The number of hydrogen-bond acceptors (Lipinski definition) is 3. The van der Waals surface area contributed by atoms with Crippen molar-refractivity contribution in [1.82, 2.24) is 0 Å². The predicted octanol–water partition coefficient (Wildman–Crippen LogP) is 0.709. The van der Waals surface area contributed by atoms with E-state index in [9.17, 15) is 9.50 Å². The van der Waals surface area contributed by atoms with Crippen LogP contribution < -0.4 is 0 Å². The third kappa shape index (κ3) is 9.00. The van der Waals surface area contributed by atoms with Gasteiger partial charge in [-0.1, -0.05) is 0 Å². The maximum atomic E-state index is 10.1. The first-order valence-corrected chi connectivity index (χ1v) is 3.92. The van der Waals surface area contributed by atoms with Crippen LogP contribution in [0.25, 0.3) is 0 Å². The molecule has 0 fully saturated rings. The van der Waals surface area contributed by atoms with Gasteiger partial charge in [0.05, 0.1) is 0 Å². The summed E-state index contributed by atoms with van der Waals surface area (Å²) in [6, 6.07) is 0. The molecule has 0 aromatic rings. The van der Waals surface area contributed by atoms with Gasteiger partial charge in [-0.15, -0.1) is 0 Å². The first-order valence-electron chi connectivity index (χ1n) is 3.92. The third-order valence-corrected chi connectivity index (χ3v) is 1.34. The molecule has 0 heterocycles. The van der Waals surface area contributed by atoms with E-state index in [2.05, 4.69) is 4.99 Å². The molecule has 0 aromatic heterocycles. The molecule has 0 aliphatic carbocycles. The van der Waals surface area contributed by atoms with E-state index in [1.165, 1.54) is 6.11 Å². The first kappa shape index (κ1) is 11.0. The molecule has 0 radical (unpaired) electrons. The Balaban J connectivity index is 3.05. The van der Waals surface area contributed by atoms with E-state index in [4.69, 9.17) is 5.11 Å². The summed E-state index contributed by atoms with van der Waals surface area (Å²) in [6.07, 6.45) is 3.82. The summed E-state index contributed by atoms with van der Waals surface area (Å²) in [5.74, 6) is -0.758. The van der Waals surface area contributed by atoms with Crippen LogP contribution in [0.3, 0.4) is 0 Å². The van der Waals surface area contributed by atoms with Crippen LogP contribution in [0, 0.1) is 0 Å². The topological polar surface area (TPSA) is 66.7 Å². The second-order valence-corrected chi connectivity index (χ2v) is 2.40. The van der Waals surface area contributed by atoms with Crippen molar-refractivity contribution >= 4 is 19.2 Å². The Bertz CT molecular complexity index is 170. The number of carbonyl (C=O) groups is 1. The number of aliphatic carboxylic acids is 1. The van der Waals surface area contributed by atoms with Crippen molar-refractivity contribution in [2.45, 2.75) is 25.7 Å². The van der Waals surface area contributed by atoms with Crippen LogP contribution in [0.2, 0.25) is 0 Å². The van der Waals surface area contributed by atoms with Crippen molar-refractivity contribution in [2.24, 2.45) is 4.99 Å². The molecule has 0 rings (SSSR count). The van der Waals surface area contributed by atoms with Gasteiger partial charge in [0.1, 0.15) is 0 Å². The molecule has 4 nitrogen and oxygen atoms in total. The van der Waals surface area contributed by atoms with Crippen molar-refractivity contribution in [1.29, 1.82) is 0 Å². The Morgan fingerprint density at radius 3 is 2.75 bits per heavy atom. The molecule has 12 heavy (non-hydrogen) atoms. The zero-order valence-corrected chi connectivity index (χ0v) is 6.90. The fraction of sp³-hybridized carbons (Fsp3) is 0.714. The average Bonchev–Trinajstić information content (AvgIpc) is 2.02. The number of hydrogen-bond donors (Lipinski definition) is 1. The molecule has 0 atom stereocenters. The Morgan fingerprint density at radius 1 is 1.42 bits per heavy atom. The molecular formula is C7H12BNO3. The molecular weight excluding hydrogens is 157 g/mol. The second-order valence-electron chi connectivity index (χ2n) is 2.40. The Kier molecular flexibility index (Phi) is 7.43. The molecule has 0 aliphatic heterocycles. The van der Waals surface area contributed by atoms with Gasteiger partial charge >= 0.3 is 71.1 Å². The van der Waals surface area contributed by atoms with Crippen molar-refractivity contribution in [3.05, 3.63) is 0 Å². The van der Waals surface area contributed by atoms with E-state index in [0.717, 1.165) is 12.8 Å². The van der Waals surface area contributed by atoms with Gasteiger partial charge in [0.2, 0.25) is 0 Å². The van der Waals surface area contributed by atoms with Crippen molar-refractivity contribution in [3.8, 4) is 0 Å². The Morgan fingerprint density at radius 2 is 2.17 bits per heavy atom. The second kappa shape index (κ2) is 8.10. The van der Waals surface area contributed by atoms with Gasteiger partial charge in [0.25, 0.3) is 0 Å². The predicted molar refractivity (Wildman–Crippen MR) is 45.9 cm³/mol. The van der Waals surface area contributed by atoms with Gasteiger partial charge < -0.3 is 0 Å². The molecule has 0 saturated heterocycles. The van der Waals surface area contributed by atoms with Crippen molar-refractivity contribution in [3.63, 3.8) is 0 Å². The first-order chi connectivity index (χ1) is 5.77. The minimum absolute atomic E-state index is 0.220. The summed E-state index contributed by atoms with van der Waals surface area (Å²) < 4.78 is 9.76. The SMILES string of the molecule is O=BC=NCCCCCC(=O)O. The number of aliphatic imine (C=N–C) groups is 1. The third-order valence-electron chi connectivity index (χ3n) is 1.34. The van der Waals surface area contributed by atoms with Crippen LogP contribution in [-0.4, -0.2) is 30.9 Å². The van der Waals surface area contributed by atoms with Gasteiger partial charge in [-0.2, -0.15) is 0 Å². The molecule has 0 aromatic carbocycles. The number of nitrogens with zero attached hydrogens (tertiary/aromatic N) is 1. The summed E-state index contributed by atoms with van der Waals surface area (Å²) in [4.78, 5) is 13.8. The zero-order chi connectivity index (χ0) is 9.23. The number of unbranched alkanes of at least 4 members (excludes halogenated alkanes) is 2. The Hall–Kier alpha value is -0.995. The van der Waals surface area contributed by atoms with E-state index in [1.54, 1.807) is 0 Å². The normalized spacial score (nSPS) is 10.0. The van der Waals surface area contributed by atoms with E-state index >= 15 is 0 Å². The van der Waals surface area contributed by atoms with E-state index in [0.29, 0.717) is 20.1 Å². The molecule has 0 saturated carbocycles. The molecule has 0 spiro atoms. The van der Waals surface area contributed by atoms with Crippen LogP contribution >= 0.6 is 0 Å². The molecule has 1 N–H and O–H groups in total. The van der Waals surface area contributed by atoms with E-state index < -0.39 is 5.97 Å². The fourth-order valence-corrected chi connectivity index (χ4v) is 0.774. The van der Waals surface area contributed by atoms with Crippen molar-refractivity contribution < 1.29 is 14.6 Å². The van der Waals surface area contributed by atoms with Crippen molar-refractivity contribution in [2.75, 3.05) is 6.54 Å². The number of carboxylic acid groups (broad SMARTS) is 1. The van der Waals surface area contributed by atoms with Crippen LogP contribution in [0.1, 0.15) is 25.7 Å². The van der Waals surface area contributed by atoms with E-state index in [1.807, 2.05) is 0 Å². The van der Waals surface area contributed by atoms with Crippen LogP contribution in [0.5, 0.6) is 0 Å². The fourth-order valence-electron chi connectivity index (χ4n) is 0.774. The summed E-state index contributed by atoms with van der Waals surface area (Å²) in [5.41, 5.74) is 0. The minimum atomic E-state index is -0.758. The molecule has 0 unspecified atom stereocenters. The maximum absolute atomic E-state index is 10.1. The quantitative estimate of drug-likeness (QED) is 0.346. The molecule has 0 amide bonds. The van der Waals surface area contributed by atoms with Gasteiger partial charge in [0.15, 0.2) is 0 Å². The van der Waals surface area contributed by atoms with E-state index in [-0.39, 0.29) is 6.42 Å². The van der Waals surface area contributed by atoms with Crippen LogP contribution in [0.4, 0.5) is 0 Å². The summed E-state index contributed by atoms with van der Waals surface area (Å²) in [6.45, 7) is 0.609. The molecule has 0 aliphatic rings. The summed E-state index contributed by atoms with van der Waals surface area (Å²) in [7, 11) is 0.636.